The molecule has 0 unspecified atom stereocenters. The van der Waals surface area contributed by atoms with Gasteiger partial charge in [0, 0.05) is 3.57 Å². The Hall–Kier alpha value is -0.0000000000000000555. The monoisotopic (exact) mass is 328 g/mol. The number of benzene rings is 1. The molecule has 0 bridgehead atoms. The topological polar surface area (TPSA) is 38.4 Å². The molecule has 0 radical (unpaired) electrons. The summed E-state index contributed by atoms with van der Waals surface area (Å²) in [5, 5.41) is 0.583. The Kier molecular flexibility index (Phi) is 4.28. The summed E-state index contributed by atoms with van der Waals surface area (Å²) >= 11 is 13.6. The summed E-state index contributed by atoms with van der Waals surface area (Å²) in [6.07, 6.45) is 0. The molecule has 1 aromatic rings. The van der Waals surface area contributed by atoms with Gasteiger partial charge in [-0.3, -0.25) is 0 Å². The van der Waals surface area contributed by atoms with E-state index in [9.17, 15) is 0 Å². The molecule has 0 aliphatic carbocycles. The van der Waals surface area contributed by atoms with Crippen LogP contribution in [0.1, 0.15) is 0 Å². The molecule has 0 saturated carbocycles. The fraction of sp³-hybridized carbons (Fsp3) is 0.125. The third-order valence-electron chi connectivity index (χ3n) is 1.31. The van der Waals surface area contributed by atoms with Gasteiger partial charge in [0.15, 0.2) is 0 Å². The Balaban J connectivity index is 3.03. The van der Waals surface area contributed by atoms with Gasteiger partial charge in [0.2, 0.25) is 0 Å². The summed E-state index contributed by atoms with van der Waals surface area (Å²) in [5.41, 5.74) is 6.12. The van der Waals surface area contributed by atoms with Crippen LogP contribution in [-0.4, -0.2) is 11.7 Å². The number of hydrogen-bond donors (Lipinski definition) is 1. The number of amidine groups is 1. The van der Waals surface area contributed by atoms with E-state index >= 15 is 0 Å². The van der Waals surface area contributed by atoms with Crippen LogP contribution in [0, 0.1) is 3.57 Å². The van der Waals surface area contributed by atoms with Gasteiger partial charge >= 0.3 is 0 Å². The van der Waals surface area contributed by atoms with Crippen molar-refractivity contribution in [2.45, 2.75) is 0 Å². The van der Waals surface area contributed by atoms with E-state index in [1.165, 1.54) is 0 Å². The van der Waals surface area contributed by atoms with Crippen LogP contribution in [0.4, 0.5) is 5.69 Å². The highest BCUT2D eigenvalue weighted by Crippen LogP contribution is 2.26. The highest BCUT2D eigenvalue weighted by molar-refractivity contribution is 14.1. The summed E-state index contributed by atoms with van der Waals surface area (Å²) in [4.78, 5) is 4.05. The lowest BCUT2D eigenvalue weighted by atomic mass is 10.3. The van der Waals surface area contributed by atoms with Crippen LogP contribution >= 0.6 is 45.8 Å². The minimum Gasteiger partial charge on any atom is -0.386 e. The number of alkyl halides is 1. The molecule has 0 aliphatic rings. The van der Waals surface area contributed by atoms with Gasteiger partial charge in [-0.25, -0.2) is 4.99 Å². The predicted octanol–water partition coefficient (Wildman–Crippen LogP) is 3.17. The average molecular weight is 329 g/mol. The molecule has 2 nitrogen and oxygen atoms in total. The molecule has 1 aromatic carbocycles. The van der Waals surface area contributed by atoms with Gasteiger partial charge in [0.1, 0.15) is 5.84 Å². The van der Waals surface area contributed by atoms with Crippen LogP contribution in [-0.2, 0) is 0 Å². The molecule has 0 aliphatic heterocycles. The van der Waals surface area contributed by atoms with Crippen molar-refractivity contribution >= 4 is 57.3 Å². The molecule has 5 heteroatoms. The molecule has 0 atom stereocenters. The van der Waals surface area contributed by atoms with Gasteiger partial charge in [-0.2, -0.15) is 0 Å². The maximum atomic E-state index is 5.92. The predicted molar refractivity (Wildman–Crippen MR) is 66.2 cm³/mol. The van der Waals surface area contributed by atoms with Crippen molar-refractivity contribution in [3.63, 3.8) is 0 Å². The van der Waals surface area contributed by atoms with E-state index in [0.29, 0.717) is 16.5 Å². The fourth-order valence-corrected chi connectivity index (χ4v) is 1.71. The first-order valence-corrected chi connectivity index (χ1v) is 5.46. The van der Waals surface area contributed by atoms with Crippen molar-refractivity contribution in [2.75, 3.05) is 5.88 Å². The minimum atomic E-state index is 0.211. The zero-order valence-electron chi connectivity index (χ0n) is 6.60. The maximum absolute atomic E-state index is 5.92. The van der Waals surface area contributed by atoms with Crippen LogP contribution in [0.5, 0.6) is 0 Å². The molecule has 0 aromatic heterocycles. The molecule has 0 amide bonds. The van der Waals surface area contributed by atoms with Crippen LogP contribution in [0.2, 0.25) is 5.02 Å². The molecule has 0 spiro atoms. The molecular weight excluding hydrogens is 322 g/mol. The zero-order valence-corrected chi connectivity index (χ0v) is 10.3. The first-order chi connectivity index (χ1) is 6.13. The van der Waals surface area contributed by atoms with Gasteiger partial charge < -0.3 is 5.73 Å². The number of aliphatic imine (C=N–C) groups is 1. The second-order valence-electron chi connectivity index (χ2n) is 2.33. The minimum absolute atomic E-state index is 0.211. The molecule has 2 N–H and O–H groups in total. The van der Waals surface area contributed by atoms with E-state index in [2.05, 4.69) is 27.6 Å². The van der Waals surface area contributed by atoms with Crippen molar-refractivity contribution in [3.8, 4) is 0 Å². The Morgan fingerprint density at radius 1 is 1.54 bits per heavy atom. The highest BCUT2D eigenvalue weighted by Gasteiger charge is 1.99. The van der Waals surface area contributed by atoms with Crippen LogP contribution in [0.25, 0.3) is 0 Å². The molecule has 0 fully saturated rings. The summed E-state index contributed by atoms with van der Waals surface area (Å²) in [5.74, 6) is 0.576. The molecule has 1 rings (SSSR count). The fourth-order valence-electron chi connectivity index (χ4n) is 0.757. The van der Waals surface area contributed by atoms with Crippen LogP contribution in [0.15, 0.2) is 23.2 Å². The van der Waals surface area contributed by atoms with Gasteiger partial charge in [-0.1, -0.05) is 11.6 Å². The first-order valence-electron chi connectivity index (χ1n) is 3.47. The molecule has 0 heterocycles. The van der Waals surface area contributed by atoms with E-state index in [4.69, 9.17) is 28.9 Å². The summed E-state index contributed by atoms with van der Waals surface area (Å²) in [6.45, 7) is 0. The summed E-state index contributed by atoms with van der Waals surface area (Å²) in [6, 6.07) is 5.54. The van der Waals surface area contributed by atoms with Crippen molar-refractivity contribution in [2.24, 2.45) is 10.7 Å². The second-order valence-corrected chi connectivity index (χ2v) is 4.25. The lowest BCUT2D eigenvalue weighted by Gasteiger charge is -1.99. The lowest BCUT2D eigenvalue weighted by molar-refractivity contribution is 1.44. The van der Waals surface area contributed by atoms with Crippen molar-refractivity contribution in [1.82, 2.24) is 0 Å². The van der Waals surface area contributed by atoms with Crippen molar-refractivity contribution in [3.05, 3.63) is 26.8 Å². The summed E-state index contributed by atoms with van der Waals surface area (Å²) in [7, 11) is 0. The maximum Gasteiger partial charge on any atom is 0.115 e. The number of nitrogens with two attached hydrogens (primary N) is 1. The molecular formula is C8H7Cl2IN2. The van der Waals surface area contributed by atoms with Crippen LogP contribution < -0.4 is 5.73 Å². The Labute approximate surface area is 100 Å². The Morgan fingerprint density at radius 3 is 2.77 bits per heavy atom. The highest BCUT2D eigenvalue weighted by atomic mass is 127. The molecule has 0 saturated heterocycles. The largest absolute Gasteiger partial charge is 0.386 e. The molecule has 13 heavy (non-hydrogen) atoms. The SMILES string of the molecule is NC(CCl)=Nc1ccc(I)cc1Cl. The second kappa shape index (κ2) is 5.02. The van der Waals surface area contributed by atoms with Crippen molar-refractivity contribution < 1.29 is 0 Å². The quantitative estimate of drug-likeness (QED) is 0.385. The molecule has 70 valence electrons. The van der Waals surface area contributed by atoms with Crippen LogP contribution in [0.3, 0.4) is 0 Å². The zero-order chi connectivity index (χ0) is 9.84. The van der Waals surface area contributed by atoms with E-state index < -0.39 is 0 Å². The number of rotatable bonds is 2. The van der Waals surface area contributed by atoms with Gasteiger partial charge in [-0.05, 0) is 40.8 Å². The smallest absolute Gasteiger partial charge is 0.115 e. The number of nitrogens with zero attached hydrogens (tertiary/aromatic N) is 1. The lowest BCUT2D eigenvalue weighted by Crippen LogP contribution is -2.12. The third-order valence-corrected chi connectivity index (χ3v) is 2.56. The van der Waals surface area contributed by atoms with E-state index in [0.717, 1.165) is 3.57 Å². The van der Waals surface area contributed by atoms with E-state index in [1.54, 1.807) is 0 Å². The van der Waals surface area contributed by atoms with Gasteiger partial charge in [-0.15, -0.1) is 11.6 Å². The Morgan fingerprint density at radius 2 is 2.23 bits per heavy atom. The third kappa shape index (κ3) is 3.32. The first kappa shape index (κ1) is 11.1. The van der Waals surface area contributed by atoms with E-state index in [1.807, 2.05) is 18.2 Å². The Bertz CT molecular complexity index is 339. The standard InChI is InChI=1S/C8H7Cl2IN2/c9-4-8(12)13-7-2-1-5(11)3-6(7)10/h1-3H,4H2,(H2,12,13). The van der Waals surface area contributed by atoms with Gasteiger partial charge in [0.25, 0.3) is 0 Å². The van der Waals surface area contributed by atoms with Crippen molar-refractivity contribution in [1.29, 1.82) is 0 Å². The number of halogens is 3. The number of hydrogen-bond acceptors (Lipinski definition) is 1. The van der Waals surface area contributed by atoms with E-state index in [-0.39, 0.29) is 5.88 Å². The summed E-state index contributed by atoms with van der Waals surface area (Å²) < 4.78 is 1.06. The normalized spacial score (nSPS) is 11.8. The average Bonchev–Trinajstić information content (AvgIpc) is 2.09. The van der Waals surface area contributed by atoms with Gasteiger partial charge in [0.05, 0.1) is 16.6 Å².